The van der Waals surface area contributed by atoms with E-state index in [1.807, 2.05) is 23.9 Å². The van der Waals surface area contributed by atoms with Crippen LogP contribution in [0.25, 0.3) is 10.9 Å². The van der Waals surface area contributed by atoms with Gasteiger partial charge in [-0.1, -0.05) is 6.92 Å². The second-order valence-electron chi connectivity index (χ2n) is 3.57. The quantitative estimate of drug-likeness (QED) is 0.861. The number of aromatic nitrogens is 1. The van der Waals surface area contributed by atoms with Gasteiger partial charge in [0, 0.05) is 29.4 Å². The summed E-state index contributed by atoms with van der Waals surface area (Å²) >= 11 is 1.91. The molecular formula is C12H15NOS. The van der Waals surface area contributed by atoms with Crippen LogP contribution in [-0.4, -0.2) is 15.4 Å². The highest BCUT2D eigenvalue weighted by Gasteiger charge is 2.05. The van der Waals surface area contributed by atoms with Crippen LogP contribution in [0.5, 0.6) is 5.75 Å². The summed E-state index contributed by atoms with van der Waals surface area (Å²) in [5.74, 6) is 2.50. The van der Waals surface area contributed by atoms with Crippen LogP contribution in [0.2, 0.25) is 0 Å². The van der Waals surface area contributed by atoms with Gasteiger partial charge in [0.2, 0.25) is 0 Å². The maximum Gasteiger partial charge on any atom is 0.116 e. The van der Waals surface area contributed by atoms with E-state index in [0.717, 1.165) is 16.9 Å². The fourth-order valence-electron chi connectivity index (χ4n) is 1.74. The number of benzene rings is 1. The molecule has 1 heterocycles. The molecule has 0 amide bonds. The van der Waals surface area contributed by atoms with Crippen LogP contribution in [0.15, 0.2) is 24.3 Å². The molecule has 1 N–H and O–H groups in total. The molecule has 0 saturated heterocycles. The number of aromatic hydroxyl groups is 1. The van der Waals surface area contributed by atoms with E-state index in [-0.39, 0.29) is 0 Å². The van der Waals surface area contributed by atoms with Crippen molar-refractivity contribution < 1.29 is 5.11 Å². The highest BCUT2D eigenvalue weighted by atomic mass is 32.2. The number of hydrogen-bond donors (Lipinski definition) is 1. The SMILES string of the molecule is CCSCc1cc2cc(O)ccc2n1C. The van der Waals surface area contributed by atoms with Crippen LogP contribution < -0.4 is 0 Å². The molecule has 0 saturated carbocycles. The third-order valence-corrected chi connectivity index (χ3v) is 3.49. The van der Waals surface area contributed by atoms with Gasteiger partial charge < -0.3 is 9.67 Å². The number of hydrogen-bond acceptors (Lipinski definition) is 2. The zero-order chi connectivity index (χ0) is 10.8. The van der Waals surface area contributed by atoms with Crippen molar-refractivity contribution in [1.29, 1.82) is 0 Å². The first kappa shape index (κ1) is 10.4. The van der Waals surface area contributed by atoms with E-state index in [9.17, 15) is 5.11 Å². The van der Waals surface area contributed by atoms with Crippen molar-refractivity contribution in [3.05, 3.63) is 30.0 Å². The molecule has 0 bridgehead atoms. The van der Waals surface area contributed by atoms with E-state index in [2.05, 4.69) is 24.6 Å². The molecule has 1 aromatic carbocycles. The largest absolute Gasteiger partial charge is 0.508 e. The fraction of sp³-hybridized carbons (Fsp3) is 0.333. The van der Waals surface area contributed by atoms with E-state index in [1.54, 1.807) is 6.07 Å². The number of thioether (sulfide) groups is 1. The Morgan fingerprint density at radius 2 is 2.13 bits per heavy atom. The van der Waals surface area contributed by atoms with Crippen LogP contribution in [0.4, 0.5) is 0 Å². The number of fused-ring (bicyclic) bond motifs is 1. The molecule has 0 spiro atoms. The van der Waals surface area contributed by atoms with Crippen molar-refractivity contribution in [1.82, 2.24) is 4.57 Å². The maximum atomic E-state index is 9.39. The molecule has 2 rings (SSSR count). The lowest BCUT2D eigenvalue weighted by molar-refractivity contribution is 0.476. The zero-order valence-electron chi connectivity index (χ0n) is 9.03. The van der Waals surface area contributed by atoms with Gasteiger partial charge in [-0.05, 0) is 30.0 Å². The van der Waals surface area contributed by atoms with Crippen molar-refractivity contribution in [3.63, 3.8) is 0 Å². The molecule has 0 fully saturated rings. The molecule has 3 heteroatoms. The Kier molecular flexibility index (Phi) is 2.91. The molecule has 0 unspecified atom stereocenters. The minimum atomic E-state index is 0.336. The zero-order valence-corrected chi connectivity index (χ0v) is 9.84. The Labute approximate surface area is 93.9 Å². The lowest BCUT2D eigenvalue weighted by Gasteiger charge is -2.02. The molecule has 2 aromatic rings. The van der Waals surface area contributed by atoms with E-state index >= 15 is 0 Å². The summed E-state index contributed by atoms with van der Waals surface area (Å²) in [7, 11) is 2.07. The van der Waals surface area contributed by atoms with Gasteiger partial charge in [0.15, 0.2) is 0 Å². The average Bonchev–Trinajstić information content (AvgIpc) is 2.52. The van der Waals surface area contributed by atoms with Gasteiger partial charge in [0.25, 0.3) is 0 Å². The van der Waals surface area contributed by atoms with Crippen LogP contribution in [0.3, 0.4) is 0 Å². The van der Waals surface area contributed by atoms with Gasteiger partial charge in [-0.3, -0.25) is 0 Å². The standard InChI is InChI=1S/C12H15NOS/c1-3-15-8-10-6-9-7-11(14)4-5-12(9)13(10)2/h4-7,14H,3,8H2,1-2H3. The van der Waals surface area contributed by atoms with Crippen molar-refractivity contribution in [3.8, 4) is 5.75 Å². The van der Waals surface area contributed by atoms with E-state index < -0.39 is 0 Å². The Bertz CT molecular complexity index is 476. The second kappa shape index (κ2) is 4.19. The first-order chi connectivity index (χ1) is 7.22. The first-order valence-electron chi connectivity index (χ1n) is 5.07. The molecule has 1 aromatic heterocycles. The summed E-state index contributed by atoms with van der Waals surface area (Å²) < 4.78 is 2.19. The molecule has 0 atom stereocenters. The van der Waals surface area contributed by atoms with E-state index in [1.165, 1.54) is 11.2 Å². The molecular weight excluding hydrogens is 206 g/mol. The molecule has 2 nitrogen and oxygen atoms in total. The number of rotatable bonds is 3. The van der Waals surface area contributed by atoms with Crippen molar-refractivity contribution >= 4 is 22.7 Å². The molecule has 0 radical (unpaired) electrons. The minimum absolute atomic E-state index is 0.336. The third kappa shape index (κ3) is 1.97. The van der Waals surface area contributed by atoms with Crippen LogP contribution in [0, 0.1) is 0 Å². The van der Waals surface area contributed by atoms with Gasteiger partial charge in [0.05, 0.1) is 0 Å². The molecule has 0 aliphatic heterocycles. The summed E-state index contributed by atoms with van der Waals surface area (Å²) in [4.78, 5) is 0. The van der Waals surface area contributed by atoms with Gasteiger partial charge in [-0.2, -0.15) is 11.8 Å². The maximum absolute atomic E-state index is 9.39. The lowest BCUT2D eigenvalue weighted by Crippen LogP contribution is -1.93. The highest BCUT2D eigenvalue weighted by Crippen LogP contribution is 2.25. The average molecular weight is 221 g/mol. The highest BCUT2D eigenvalue weighted by molar-refractivity contribution is 7.98. The van der Waals surface area contributed by atoms with Crippen molar-refractivity contribution in [2.45, 2.75) is 12.7 Å². The Balaban J connectivity index is 2.44. The van der Waals surface area contributed by atoms with Crippen LogP contribution >= 0.6 is 11.8 Å². The second-order valence-corrected chi connectivity index (χ2v) is 4.85. The number of phenolic OH excluding ortho intramolecular Hbond substituents is 1. The minimum Gasteiger partial charge on any atom is -0.508 e. The summed E-state index contributed by atoms with van der Waals surface area (Å²) in [5.41, 5.74) is 2.49. The van der Waals surface area contributed by atoms with Gasteiger partial charge in [0.1, 0.15) is 5.75 Å². The van der Waals surface area contributed by atoms with Crippen molar-refractivity contribution in [2.75, 3.05) is 5.75 Å². The first-order valence-corrected chi connectivity index (χ1v) is 6.23. The number of nitrogens with zero attached hydrogens (tertiary/aromatic N) is 1. The third-order valence-electron chi connectivity index (χ3n) is 2.58. The monoisotopic (exact) mass is 221 g/mol. The Hall–Kier alpha value is -1.09. The fourth-order valence-corrected chi connectivity index (χ4v) is 2.43. The van der Waals surface area contributed by atoms with Gasteiger partial charge in [-0.15, -0.1) is 0 Å². The van der Waals surface area contributed by atoms with Crippen LogP contribution in [-0.2, 0) is 12.8 Å². The van der Waals surface area contributed by atoms with Gasteiger partial charge in [-0.25, -0.2) is 0 Å². The predicted molar refractivity (Wildman–Crippen MR) is 66.4 cm³/mol. The van der Waals surface area contributed by atoms with Crippen molar-refractivity contribution in [2.24, 2.45) is 7.05 Å². The van der Waals surface area contributed by atoms with E-state index in [0.29, 0.717) is 5.75 Å². The topological polar surface area (TPSA) is 25.2 Å². The number of aryl methyl sites for hydroxylation is 1. The summed E-state index contributed by atoms with van der Waals surface area (Å²) in [5, 5.41) is 10.5. The molecule has 0 aliphatic carbocycles. The van der Waals surface area contributed by atoms with Crippen LogP contribution in [0.1, 0.15) is 12.6 Å². The summed E-state index contributed by atoms with van der Waals surface area (Å²) in [6, 6.07) is 7.66. The van der Waals surface area contributed by atoms with E-state index in [4.69, 9.17) is 0 Å². The smallest absolute Gasteiger partial charge is 0.116 e. The normalized spacial score (nSPS) is 11.1. The summed E-state index contributed by atoms with van der Waals surface area (Å²) in [6.45, 7) is 2.17. The molecule has 15 heavy (non-hydrogen) atoms. The molecule has 80 valence electrons. The number of phenols is 1. The molecule has 0 aliphatic rings. The Morgan fingerprint density at radius 1 is 1.33 bits per heavy atom. The lowest BCUT2D eigenvalue weighted by atomic mass is 10.2. The predicted octanol–water partition coefficient (Wildman–Crippen LogP) is 3.14. The summed E-state index contributed by atoms with van der Waals surface area (Å²) in [6.07, 6.45) is 0. The Morgan fingerprint density at radius 3 is 2.87 bits per heavy atom. The van der Waals surface area contributed by atoms with Gasteiger partial charge >= 0.3 is 0 Å².